The molecule has 1 atom stereocenters. The largest absolute Gasteiger partial charge is 0.320 e. The van der Waals surface area contributed by atoms with Crippen molar-refractivity contribution in [1.82, 2.24) is 0 Å². The Morgan fingerprint density at radius 2 is 1.85 bits per heavy atom. The minimum Gasteiger partial charge on any atom is -0.320 e. The predicted molar refractivity (Wildman–Crippen MR) is 75.0 cm³/mol. The first-order chi connectivity index (χ1) is 9.41. The molecule has 0 bridgehead atoms. The van der Waals surface area contributed by atoms with Crippen LogP contribution in [0.4, 0.5) is 10.1 Å². The van der Waals surface area contributed by atoms with Crippen LogP contribution >= 0.6 is 0 Å². The summed E-state index contributed by atoms with van der Waals surface area (Å²) in [6.45, 7) is 3.61. The highest BCUT2D eigenvalue weighted by Gasteiger charge is 2.19. The number of hydrogen-bond acceptors (Lipinski definition) is 3. The fraction of sp³-hybridized carbons (Fsp3) is 0.200. The van der Waals surface area contributed by atoms with E-state index in [-0.39, 0.29) is 5.69 Å². The lowest BCUT2D eigenvalue weighted by molar-refractivity contribution is -0.385. The van der Waals surface area contributed by atoms with E-state index in [1.54, 1.807) is 25.1 Å². The number of nitro benzene ring substituents is 1. The van der Waals surface area contributed by atoms with E-state index in [0.717, 1.165) is 11.1 Å². The van der Waals surface area contributed by atoms with Crippen LogP contribution in [0.5, 0.6) is 0 Å². The van der Waals surface area contributed by atoms with Gasteiger partial charge in [-0.25, -0.2) is 4.39 Å². The molecule has 0 aromatic heterocycles. The molecule has 4 nitrogen and oxygen atoms in total. The Morgan fingerprint density at radius 3 is 2.45 bits per heavy atom. The number of nitro groups is 1. The smallest absolute Gasteiger partial charge is 0.270 e. The molecule has 0 heterocycles. The third-order valence-corrected chi connectivity index (χ3v) is 3.48. The van der Waals surface area contributed by atoms with E-state index in [9.17, 15) is 14.5 Å². The van der Waals surface area contributed by atoms with Gasteiger partial charge in [-0.15, -0.1) is 0 Å². The normalized spacial score (nSPS) is 12.2. The van der Waals surface area contributed by atoms with Crippen LogP contribution in [-0.4, -0.2) is 4.92 Å². The van der Waals surface area contributed by atoms with Crippen LogP contribution in [0.25, 0.3) is 0 Å². The van der Waals surface area contributed by atoms with Crippen molar-refractivity contribution >= 4 is 5.69 Å². The maximum absolute atomic E-state index is 13.8. The Balaban J connectivity index is 2.57. The molecule has 0 radical (unpaired) electrons. The zero-order valence-corrected chi connectivity index (χ0v) is 11.3. The molecule has 0 saturated carbocycles. The monoisotopic (exact) mass is 274 g/mol. The zero-order valence-electron chi connectivity index (χ0n) is 11.3. The summed E-state index contributed by atoms with van der Waals surface area (Å²) in [7, 11) is 0. The molecule has 20 heavy (non-hydrogen) atoms. The summed E-state index contributed by atoms with van der Waals surface area (Å²) in [5, 5.41) is 10.9. The number of nitrogens with two attached hydrogens (primary N) is 1. The summed E-state index contributed by atoms with van der Waals surface area (Å²) in [6, 6.07) is 8.37. The summed E-state index contributed by atoms with van der Waals surface area (Å²) in [5.74, 6) is -0.413. The highest BCUT2D eigenvalue weighted by atomic mass is 19.1. The molecule has 0 amide bonds. The second kappa shape index (κ2) is 5.38. The number of rotatable bonds is 3. The van der Waals surface area contributed by atoms with Gasteiger partial charge in [0.25, 0.3) is 5.69 Å². The number of aryl methyl sites for hydroxylation is 1. The molecule has 5 heteroatoms. The Morgan fingerprint density at radius 1 is 1.20 bits per heavy atom. The third kappa shape index (κ3) is 2.53. The number of nitrogens with zero attached hydrogens (tertiary/aromatic N) is 1. The van der Waals surface area contributed by atoms with Crippen molar-refractivity contribution in [3.8, 4) is 0 Å². The standard InChI is InChI=1S/C15H15FN2O2/c1-9-7-11(18(19)20)8-13(10(9)2)15(17)12-5-3-4-6-14(12)16/h3-8,15H,17H2,1-2H3. The maximum atomic E-state index is 13.8. The molecule has 0 aliphatic carbocycles. The average Bonchev–Trinajstić information content (AvgIpc) is 2.41. The molecule has 104 valence electrons. The fourth-order valence-electron chi connectivity index (χ4n) is 2.19. The lowest BCUT2D eigenvalue weighted by Gasteiger charge is -2.17. The highest BCUT2D eigenvalue weighted by Crippen LogP contribution is 2.29. The Hall–Kier alpha value is -2.27. The minimum absolute atomic E-state index is 0.0325. The molecule has 2 aromatic carbocycles. The van der Waals surface area contributed by atoms with Crippen LogP contribution in [0.1, 0.15) is 28.3 Å². The van der Waals surface area contributed by atoms with E-state index in [2.05, 4.69) is 0 Å². The van der Waals surface area contributed by atoms with Crippen molar-refractivity contribution in [1.29, 1.82) is 0 Å². The zero-order chi connectivity index (χ0) is 14.9. The van der Waals surface area contributed by atoms with Crippen molar-refractivity contribution in [2.75, 3.05) is 0 Å². The van der Waals surface area contributed by atoms with Gasteiger partial charge in [0.15, 0.2) is 0 Å². The van der Waals surface area contributed by atoms with E-state index in [1.165, 1.54) is 18.2 Å². The summed E-state index contributed by atoms with van der Waals surface area (Å²) in [6.07, 6.45) is 0. The van der Waals surface area contributed by atoms with E-state index < -0.39 is 16.8 Å². The van der Waals surface area contributed by atoms with Crippen LogP contribution in [0.15, 0.2) is 36.4 Å². The summed E-state index contributed by atoms with van der Waals surface area (Å²) >= 11 is 0. The van der Waals surface area contributed by atoms with Gasteiger partial charge in [-0.2, -0.15) is 0 Å². The second-order valence-corrected chi connectivity index (χ2v) is 4.73. The van der Waals surface area contributed by atoms with Gasteiger partial charge >= 0.3 is 0 Å². The van der Waals surface area contributed by atoms with Gasteiger partial charge in [0.1, 0.15) is 5.82 Å². The van der Waals surface area contributed by atoms with Crippen molar-refractivity contribution in [2.45, 2.75) is 19.9 Å². The number of halogens is 1. The second-order valence-electron chi connectivity index (χ2n) is 4.73. The van der Waals surface area contributed by atoms with Crippen molar-refractivity contribution in [2.24, 2.45) is 5.73 Å². The van der Waals surface area contributed by atoms with E-state index in [1.807, 2.05) is 6.92 Å². The predicted octanol–water partition coefficient (Wildman–Crippen LogP) is 3.40. The molecule has 1 unspecified atom stereocenters. The Bertz CT molecular complexity index is 671. The third-order valence-electron chi connectivity index (χ3n) is 3.48. The lowest BCUT2D eigenvalue weighted by atomic mass is 9.92. The first-order valence-corrected chi connectivity index (χ1v) is 6.17. The lowest BCUT2D eigenvalue weighted by Crippen LogP contribution is -2.15. The maximum Gasteiger partial charge on any atom is 0.270 e. The van der Waals surface area contributed by atoms with Gasteiger partial charge in [-0.05, 0) is 36.6 Å². The van der Waals surface area contributed by atoms with Crippen molar-refractivity contribution < 1.29 is 9.31 Å². The Kier molecular flexibility index (Phi) is 3.81. The van der Waals surface area contributed by atoms with Crippen LogP contribution in [0.3, 0.4) is 0 Å². The summed E-state index contributed by atoms with van der Waals surface area (Å²) in [4.78, 5) is 10.5. The van der Waals surface area contributed by atoms with Gasteiger partial charge in [0.05, 0.1) is 11.0 Å². The summed E-state index contributed by atoms with van der Waals surface area (Å²) in [5.41, 5.74) is 8.57. The molecule has 2 rings (SSSR count). The number of non-ortho nitro benzene ring substituents is 1. The molecule has 2 aromatic rings. The van der Waals surface area contributed by atoms with E-state index >= 15 is 0 Å². The molecule has 0 aliphatic rings. The number of hydrogen-bond donors (Lipinski definition) is 1. The van der Waals surface area contributed by atoms with Crippen molar-refractivity contribution in [3.05, 3.63) is 74.6 Å². The first kappa shape index (κ1) is 14.1. The molecule has 0 saturated heterocycles. The van der Waals surface area contributed by atoms with E-state index in [4.69, 9.17) is 5.73 Å². The SMILES string of the molecule is Cc1cc([N+](=O)[O-])cc(C(N)c2ccccc2F)c1C. The van der Waals surface area contributed by atoms with Crippen LogP contribution < -0.4 is 5.73 Å². The Labute approximate surface area is 116 Å². The highest BCUT2D eigenvalue weighted by molar-refractivity contribution is 5.48. The molecule has 0 spiro atoms. The van der Waals surface area contributed by atoms with Gasteiger partial charge in [0, 0.05) is 17.7 Å². The number of benzene rings is 2. The van der Waals surface area contributed by atoms with E-state index in [0.29, 0.717) is 11.1 Å². The average molecular weight is 274 g/mol. The molecular formula is C15H15FN2O2. The van der Waals surface area contributed by atoms with Gasteiger partial charge < -0.3 is 5.73 Å². The molecule has 0 fully saturated rings. The van der Waals surface area contributed by atoms with Gasteiger partial charge in [-0.1, -0.05) is 18.2 Å². The minimum atomic E-state index is -0.727. The van der Waals surface area contributed by atoms with Crippen LogP contribution in [-0.2, 0) is 0 Å². The van der Waals surface area contributed by atoms with Crippen LogP contribution in [0.2, 0.25) is 0 Å². The van der Waals surface area contributed by atoms with Gasteiger partial charge in [-0.3, -0.25) is 10.1 Å². The van der Waals surface area contributed by atoms with Crippen LogP contribution in [0, 0.1) is 29.8 Å². The fourth-order valence-corrected chi connectivity index (χ4v) is 2.19. The van der Waals surface area contributed by atoms with Gasteiger partial charge in [0.2, 0.25) is 0 Å². The first-order valence-electron chi connectivity index (χ1n) is 6.17. The molecular weight excluding hydrogens is 259 g/mol. The molecule has 2 N–H and O–H groups in total. The summed E-state index contributed by atoms with van der Waals surface area (Å²) < 4.78 is 13.8. The topological polar surface area (TPSA) is 69.2 Å². The molecule has 0 aliphatic heterocycles. The quantitative estimate of drug-likeness (QED) is 0.689. The van der Waals surface area contributed by atoms with Crippen molar-refractivity contribution in [3.63, 3.8) is 0 Å².